The Morgan fingerprint density at radius 3 is 2.63 bits per heavy atom. The number of benzene rings is 2. The second-order valence-electron chi connectivity index (χ2n) is 9.14. The molecule has 1 saturated heterocycles. The molecule has 0 aliphatic carbocycles. The van der Waals surface area contributed by atoms with Gasteiger partial charge in [-0.3, -0.25) is 14.8 Å². The molecule has 0 radical (unpaired) electrons. The van der Waals surface area contributed by atoms with E-state index in [1.54, 1.807) is 17.3 Å². The van der Waals surface area contributed by atoms with Crippen molar-refractivity contribution in [3.8, 4) is 11.3 Å². The van der Waals surface area contributed by atoms with Crippen LogP contribution < -0.4 is 11.1 Å². The molecule has 2 aliphatic heterocycles. The van der Waals surface area contributed by atoms with Crippen molar-refractivity contribution < 1.29 is 4.79 Å². The number of likely N-dealkylation sites (tertiary alicyclic amines) is 1. The molecule has 9 heteroatoms. The Hall–Kier alpha value is -4.14. The molecule has 6 rings (SSSR count). The number of aromatic nitrogens is 3. The molecule has 3 N–H and O–H groups in total. The van der Waals surface area contributed by atoms with Crippen LogP contribution in [0.5, 0.6) is 0 Å². The number of anilines is 2. The first kappa shape index (κ1) is 25.5. The van der Waals surface area contributed by atoms with Crippen molar-refractivity contribution in [3.05, 3.63) is 100 Å². The van der Waals surface area contributed by atoms with E-state index in [0.29, 0.717) is 36.2 Å². The number of carbonyl (C=O) groups is 1. The van der Waals surface area contributed by atoms with Crippen molar-refractivity contribution in [2.24, 2.45) is 10.7 Å². The van der Waals surface area contributed by atoms with Crippen molar-refractivity contribution in [1.82, 2.24) is 19.9 Å². The third-order valence-electron chi connectivity index (χ3n) is 6.57. The number of halogens is 1. The number of rotatable bonds is 4. The summed E-state index contributed by atoms with van der Waals surface area (Å²) in [5.41, 5.74) is 12.4. The standard InChI is InChI=1S/C28H24ClN7O.CH4/c29-19-6-9-22-23(13-19)26(24-3-1-2-11-31-24)32-14-18-15-33-28(35-25(18)22)34-21-7-4-17(5-8-21)27(37)36-12-10-20(30)16-36;/h1-9,11,13,15,20H,10,12,14,16,30H2,(H,33,34,35);1H4. The van der Waals surface area contributed by atoms with Crippen LogP contribution in [-0.4, -0.2) is 50.6 Å². The predicted molar refractivity (Wildman–Crippen MR) is 151 cm³/mol. The van der Waals surface area contributed by atoms with E-state index in [1.165, 1.54) is 0 Å². The molecule has 0 saturated carbocycles. The Kier molecular flexibility index (Phi) is 7.18. The van der Waals surface area contributed by atoms with Crippen molar-refractivity contribution >= 4 is 34.9 Å². The summed E-state index contributed by atoms with van der Waals surface area (Å²) >= 11 is 6.38. The minimum Gasteiger partial charge on any atom is -0.337 e. The Balaban J connectivity index is 0.00000294. The van der Waals surface area contributed by atoms with Gasteiger partial charge in [-0.05, 0) is 55.0 Å². The maximum Gasteiger partial charge on any atom is 0.253 e. The molecule has 0 bridgehead atoms. The molecule has 1 atom stereocenters. The number of nitrogens with zero attached hydrogens (tertiary/aromatic N) is 5. The average molecular weight is 526 g/mol. The third kappa shape index (κ3) is 5.01. The summed E-state index contributed by atoms with van der Waals surface area (Å²) < 4.78 is 0. The second-order valence-corrected chi connectivity index (χ2v) is 9.58. The van der Waals surface area contributed by atoms with Gasteiger partial charge in [0.1, 0.15) is 0 Å². The quantitative estimate of drug-likeness (QED) is 0.384. The van der Waals surface area contributed by atoms with E-state index >= 15 is 0 Å². The average Bonchev–Trinajstić information content (AvgIpc) is 3.29. The molecular formula is C29H28ClN7O. The van der Waals surface area contributed by atoms with Gasteiger partial charge < -0.3 is 16.0 Å². The summed E-state index contributed by atoms with van der Waals surface area (Å²) in [7, 11) is 0. The Labute approximate surface area is 226 Å². The Morgan fingerprint density at radius 2 is 1.89 bits per heavy atom. The number of amides is 1. The van der Waals surface area contributed by atoms with Gasteiger partial charge in [0, 0.05) is 64.5 Å². The number of nitrogens with one attached hydrogen (secondary N) is 1. The smallest absolute Gasteiger partial charge is 0.253 e. The molecular weight excluding hydrogens is 498 g/mol. The van der Waals surface area contributed by atoms with Crippen LogP contribution in [0.15, 0.2) is 78.0 Å². The number of pyridine rings is 1. The summed E-state index contributed by atoms with van der Waals surface area (Å²) in [5, 5.41) is 3.87. The van der Waals surface area contributed by atoms with E-state index < -0.39 is 0 Å². The molecule has 192 valence electrons. The fourth-order valence-electron chi connectivity index (χ4n) is 4.69. The third-order valence-corrected chi connectivity index (χ3v) is 6.81. The first-order chi connectivity index (χ1) is 18.0. The van der Waals surface area contributed by atoms with Gasteiger partial charge in [-0.2, -0.15) is 0 Å². The van der Waals surface area contributed by atoms with Crippen LogP contribution in [0.3, 0.4) is 0 Å². The molecule has 0 spiro atoms. The van der Waals surface area contributed by atoms with Gasteiger partial charge in [-0.1, -0.05) is 31.2 Å². The minimum absolute atomic E-state index is 0. The van der Waals surface area contributed by atoms with Crippen LogP contribution >= 0.6 is 11.6 Å². The topological polar surface area (TPSA) is 109 Å². The monoisotopic (exact) mass is 525 g/mol. The Morgan fingerprint density at radius 1 is 1.05 bits per heavy atom. The van der Waals surface area contributed by atoms with E-state index in [1.807, 2.05) is 60.7 Å². The van der Waals surface area contributed by atoms with Gasteiger partial charge in [0.05, 0.1) is 23.6 Å². The summed E-state index contributed by atoms with van der Waals surface area (Å²) in [6.07, 6.45) is 4.38. The fraction of sp³-hybridized carbons (Fsp3) is 0.207. The van der Waals surface area contributed by atoms with Crippen LogP contribution in [0, 0.1) is 0 Å². The maximum absolute atomic E-state index is 12.7. The second kappa shape index (κ2) is 10.7. The number of aliphatic imine (C=N–C) groups is 1. The number of fused-ring (bicyclic) bond motifs is 3. The minimum atomic E-state index is -0.000223. The highest BCUT2D eigenvalue weighted by molar-refractivity contribution is 6.31. The molecule has 4 aromatic rings. The van der Waals surface area contributed by atoms with Crippen molar-refractivity contribution in [1.29, 1.82) is 0 Å². The van der Waals surface area contributed by atoms with Crippen molar-refractivity contribution in [3.63, 3.8) is 0 Å². The number of carbonyl (C=O) groups excluding carboxylic acids is 1. The lowest BCUT2D eigenvalue weighted by Crippen LogP contribution is -2.31. The lowest BCUT2D eigenvalue weighted by atomic mass is 9.97. The highest BCUT2D eigenvalue weighted by Gasteiger charge is 2.25. The zero-order chi connectivity index (χ0) is 25.4. The number of hydrogen-bond acceptors (Lipinski definition) is 7. The highest BCUT2D eigenvalue weighted by atomic mass is 35.5. The lowest BCUT2D eigenvalue weighted by molar-refractivity contribution is 0.0791. The fourth-order valence-corrected chi connectivity index (χ4v) is 4.86. The normalized spacial score (nSPS) is 16.0. The number of hydrogen-bond donors (Lipinski definition) is 2. The van der Waals surface area contributed by atoms with E-state index in [2.05, 4.69) is 15.3 Å². The van der Waals surface area contributed by atoms with Crippen LogP contribution in [-0.2, 0) is 6.54 Å². The summed E-state index contributed by atoms with van der Waals surface area (Å²) in [6.45, 7) is 1.71. The lowest BCUT2D eigenvalue weighted by Gasteiger charge is -2.16. The molecule has 2 aliphatic rings. The Bertz CT molecular complexity index is 1510. The molecule has 2 aromatic carbocycles. The highest BCUT2D eigenvalue weighted by Crippen LogP contribution is 2.33. The van der Waals surface area contributed by atoms with Gasteiger partial charge in [0.25, 0.3) is 5.91 Å². The summed E-state index contributed by atoms with van der Waals surface area (Å²) in [6, 6.07) is 18.8. The zero-order valence-electron chi connectivity index (χ0n) is 19.9. The zero-order valence-corrected chi connectivity index (χ0v) is 20.7. The molecule has 38 heavy (non-hydrogen) atoms. The molecule has 2 aromatic heterocycles. The van der Waals surface area contributed by atoms with Crippen molar-refractivity contribution in [2.75, 3.05) is 18.4 Å². The van der Waals surface area contributed by atoms with Gasteiger partial charge in [-0.15, -0.1) is 0 Å². The molecule has 1 fully saturated rings. The summed E-state index contributed by atoms with van der Waals surface area (Å²) in [4.78, 5) is 33.2. The van der Waals surface area contributed by atoms with Gasteiger partial charge in [0.2, 0.25) is 5.95 Å². The van der Waals surface area contributed by atoms with Crippen LogP contribution in [0.25, 0.3) is 11.3 Å². The van der Waals surface area contributed by atoms with Gasteiger partial charge in [0.15, 0.2) is 0 Å². The van der Waals surface area contributed by atoms with Crippen molar-refractivity contribution in [2.45, 2.75) is 26.4 Å². The SMILES string of the molecule is C.NC1CCN(C(=O)c2ccc(Nc3ncc4c(n3)-c3ccc(Cl)cc3C(c3ccccn3)=NC4)cc2)C1. The van der Waals surface area contributed by atoms with E-state index in [-0.39, 0.29) is 19.4 Å². The van der Waals surface area contributed by atoms with E-state index in [4.69, 9.17) is 27.3 Å². The summed E-state index contributed by atoms with van der Waals surface area (Å²) in [5.74, 6) is 0.449. The van der Waals surface area contributed by atoms with E-state index in [9.17, 15) is 4.79 Å². The van der Waals surface area contributed by atoms with Crippen LogP contribution in [0.4, 0.5) is 11.6 Å². The molecule has 8 nitrogen and oxygen atoms in total. The van der Waals surface area contributed by atoms with Crippen LogP contribution in [0.1, 0.15) is 41.0 Å². The molecule has 1 amide bonds. The predicted octanol–water partition coefficient (Wildman–Crippen LogP) is 5.10. The largest absolute Gasteiger partial charge is 0.337 e. The first-order valence-electron chi connectivity index (χ1n) is 12.1. The van der Waals surface area contributed by atoms with Gasteiger partial charge >= 0.3 is 0 Å². The first-order valence-corrected chi connectivity index (χ1v) is 12.5. The van der Waals surface area contributed by atoms with Crippen LogP contribution in [0.2, 0.25) is 5.02 Å². The molecule has 4 heterocycles. The molecule has 1 unspecified atom stereocenters. The van der Waals surface area contributed by atoms with Gasteiger partial charge in [-0.25, -0.2) is 9.97 Å². The number of nitrogens with two attached hydrogens (primary N) is 1. The maximum atomic E-state index is 12.7. The van der Waals surface area contributed by atoms with E-state index in [0.717, 1.165) is 45.9 Å².